The van der Waals surface area contributed by atoms with Gasteiger partial charge < -0.3 is 9.84 Å². The summed E-state index contributed by atoms with van der Waals surface area (Å²) in [4.78, 5) is 10.9. The van der Waals surface area contributed by atoms with E-state index in [1.807, 2.05) is 0 Å². The molecule has 0 saturated carbocycles. The number of carboxylic acids is 1. The van der Waals surface area contributed by atoms with Crippen molar-refractivity contribution in [3.05, 3.63) is 58.7 Å². The van der Waals surface area contributed by atoms with Crippen LogP contribution >= 0.6 is 0 Å². The second-order valence-corrected chi connectivity index (χ2v) is 4.43. The minimum atomic E-state index is -4.81. The van der Waals surface area contributed by atoms with Gasteiger partial charge in [-0.2, -0.15) is 13.2 Å². The standard InChI is InChI=1S/C15H11F3O3/c1-8-5-3-4-6-10(8)11-7-12(15(16,17)18)13(14(19)20)21-9(11)2/h3-7,13H,1-2H2,(H,19,20)/b11-10-. The Morgan fingerprint density at radius 3 is 2.38 bits per heavy atom. The molecule has 21 heavy (non-hydrogen) atoms. The Balaban J connectivity index is 2.77. The molecule has 1 aliphatic rings. The number of halogens is 3. The highest BCUT2D eigenvalue weighted by atomic mass is 19.4. The minimum Gasteiger partial charge on any atom is -0.478 e. The molecule has 0 spiro atoms. The number of ether oxygens (including phenoxy) is 1. The van der Waals surface area contributed by atoms with Crippen molar-refractivity contribution in [3.8, 4) is 0 Å². The highest BCUT2D eigenvalue weighted by Gasteiger charge is 2.45. The van der Waals surface area contributed by atoms with Crippen molar-refractivity contribution >= 4 is 18.1 Å². The first kappa shape index (κ1) is 14.9. The molecule has 1 N–H and O–H groups in total. The summed E-state index contributed by atoms with van der Waals surface area (Å²) in [5.41, 5.74) is -1.20. The van der Waals surface area contributed by atoms with E-state index in [2.05, 4.69) is 13.2 Å². The number of alkyl halides is 3. The van der Waals surface area contributed by atoms with Gasteiger partial charge in [-0.1, -0.05) is 37.4 Å². The summed E-state index contributed by atoms with van der Waals surface area (Å²) < 4.78 is 43.9. The summed E-state index contributed by atoms with van der Waals surface area (Å²) >= 11 is 0. The van der Waals surface area contributed by atoms with Crippen molar-refractivity contribution in [1.82, 2.24) is 0 Å². The van der Waals surface area contributed by atoms with Crippen LogP contribution in [0.5, 0.6) is 0 Å². The summed E-state index contributed by atoms with van der Waals surface area (Å²) in [6.45, 7) is 7.23. The van der Waals surface area contributed by atoms with Gasteiger partial charge >= 0.3 is 12.1 Å². The number of rotatable bonds is 1. The Morgan fingerprint density at radius 2 is 1.86 bits per heavy atom. The molecule has 3 nitrogen and oxygen atoms in total. The highest BCUT2D eigenvalue weighted by Crippen LogP contribution is 2.36. The maximum atomic E-state index is 13.0. The minimum absolute atomic E-state index is 0.0745. The number of allylic oxidation sites excluding steroid dienone is 1. The van der Waals surface area contributed by atoms with Crippen molar-refractivity contribution < 1.29 is 27.8 Å². The molecule has 1 aliphatic heterocycles. The van der Waals surface area contributed by atoms with Crippen LogP contribution in [0.4, 0.5) is 13.2 Å². The smallest absolute Gasteiger partial charge is 0.416 e. The molecule has 6 heteroatoms. The van der Waals surface area contributed by atoms with E-state index >= 15 is 0 Å². The first-order chi connectivity index (χ1) is 9.71. The zero-order valence-corrected chi connectivity index (χ0v) is 10.8. The van der Waals surface area contributed by atoms with Crippen LogP contribution in [0.1, 0.15) is 0 Å². The third-order valence-corrected chi connectivity index (χ3v) is 3.00. The SMILES string of the molecule is C=C1OC(C(=O)O)C(C(F)(F)F)=C/C1=c1\ccccc1=C. The van der Waals surface area contributed by atoms with Crippen LogP contribution in [0.15, 0.2) is 48.3 Å². The molecule has 1 aromatic rings. The maximum absolute atomic E-state index is 13.0. The van der Waals surface area contributed by atoms with Crippen LogP contribution in [-0.2, 0) is 9.53 Å². The molecular weight excluding hydrogens is 285 g/mol. The molecule has 0 amide bonds. The third kappa shape index (κ3) is 2.84. The third-order valence-electron chi connectivity index (χ3n) is 3.00. The van der Waals surface area contributed by atoms with E-state index in [9.17, 15) is 18.0 Å². The number of aliphatic carboxylic acids is 1. The number of benzene rings is 1. The molecule has 0 bridgehead atoms. The molecule has 0 fully saturated rings. The van der Waals surface area contributed by atoms with Crippen LogP contribution in [0.3, 0.4) is 0 Å². The van der Waals surface area contributed by atoms with E-state index < -0.39 is 23.8 Å². The largest absolute Gasteiger partial charge is 0.478 e. The van der Waals surface area contributed by atoms with Gasteiger partial charge in [0, 0.05) is 5.57 Å². The lowest BCUT2D eigenvalue weighted by Gasteiger charge is -2.26. The summed E-state index contributed by atoms with van der Waals surface area (Å²) in [7, 11) is 0. The number of carboxylic acid groups (broad SMARTS) is 1. The maximum Gasteiger partial charge on any atom is 0.416 e. The second kappa shape index (κ2) is 5.12. The van der Waals surface area contributed by atoms with Crippen molar-refractivity contribution in [2.24, 2.45) is 0 Å². The predicted octanol–water partition coefficient (Wildman–Crippen LogP) is 1.73. The summed E-state index contributed by atoms with van der Waals surface area (Å²) in [5.74, 6) is -1.85. The summed E-state index contributed by atoms with van der Waals surface area (Å²) in [6, 6.07) is 6.51. The van der Waals surface area contributed by atoms with Crippen molar-refractivity contribution in [2.75, 3.05) is 0 Å². The molecule has 0 saturated heterocycles. The lowest BCUT2D eigenvalue weighted by Crippen LogP contribution is -2.37. The van der Waals surface area contributed by atoms with Gasteiger partial charge in [0.15, 0.2) is 0 Å². The van der Waals surface area contributed by atoms with Gasteiger partial charge in [0.05, 0.1) is 5.57 Å². The zero-order chi connectivity index (χ0) is 15.8. The quantitative estimate of drug-likeness (QED) is 0.858. The first-order valence-corrected chi connectivity index (χ1v) is 5.87. The average Bonchev–Trinajstić information content (AvgIpc) is 2.38. The Bertz CT molecular complexity index is 744. The zero-order valence-electron chi connectivity index (χ0n) is 10.8. The number of hydrogen-bond donors (Lipinski definition) is 1. The van der Waals surface area contributed by atoms with Gasteiger partial charge in [-0.3, -0.25) is 0 Å². The normalized spacial score (nSPS) is 21.6. The topological polar surface area (TPSA) is 46.5 Å². The van der Waals surface area contributed by atoms with Gasteiger partial charge in [0.1, 0.15) is 5.76 Å². The van der Waals surface area contributed by atoms with E-state index in [1.54, 1.807) is 24.3 Å². The van der Waals surface area contributed by atoms with Crippen LogP contribution in [0, 0.1) is 0 Å². The molecule has 0 radical (unpaired) electrons. The summed E-state index contributed by atoms with van der Waals surface area (Å²) in [6.07, 6.45) is -6.17. The fourth-order valence-corrected chi connectivity index (χ4v) is 2.01. The fourth-order valence-electron chi connectivity index (χ4n) is 2.01. The number of carbonyl (C=O) groups is 1. The molecule has 0 aliphatic carbocycles. The Labute approximate surface area is 118 Å². The number of hydrogen-bond acceptors (Lipinski definition) is 2. The first-order valence-electron chi connectivity index (χ1n) is 5.87. The van der Waals surface area contributed by atoms with Gasteiger partial charge in [-0.25, -0.2) is 4.79 Å². The van der Waals surface area contributed by atoms with Gasteiger partial charge in [0.2, 0.25) is 6.10 Å². The Hall–Kier alpha value is -2.50. The molecule has 1 heterocycles. The van der Waals surface area contributed by atoms with E-state index in [1.165, 1.54) is 0 Å². The lowest BCUT2D eigenvalue weighted by atomic mass is 9.98. The molecule has 1 unspecified atom stereocenters. The van der Waals surface area contributed by atoms with Gasteiger partial charge in [0.25, 0.3) is 0 Å². The summed E-state index contributed by atoms with van der Waals surface area (Å²) in [5, 5.41) is 9.77. The molecule has 2 rings (SSSR count). The van der Waals surface area contributed by atoms with E-state index in [0.717, 1.165) is 6.08 Å². The van der Waals surface area contributed by atoms with Crippen LogP contribution in [0.2, 0.25) is 0 Å². The van der Waals surface area contributed by atoms with Crippen LogP contribution in [-0.4, -0.2) is 23.4 Å². The van der Waals surface area contributed by atoms with Crippen molar-refractivity contribution in [2.45, 2.75) is 12.3 Å². The van der Waals surface area contributed by atoms with E-state index in [-0.39, 0.29) is 11.3 Å². The molecule has 1 atom stereocenters. The molecule has 1 aromatic carbocycles. The Morgan fingerprint density at radius 1 is 1.24 bits per heavy atom. The second-order valence-electron chi connectivity index (χ2n) is 4.43. The highest BCUT2D eigenvalue weighted by molar-refractivity contribution is 5.83. The van der Waals surface area contributed by atoms with E-state index in [4.69, 9.17) is 9.84 Å². The monoisotopic (exact) mass is 296 g/mol. The fraction of sp³-hybridized carbons (Fsp3) is 0.133. The van der Waals surface area contributed by atoms with Gasteiger partial charge in [-0.05, 0) is 16.5 Å². The van der Waals surface area contributed by atoms with Crippen molar-refractivity contribution in [3.63, 3.8) is 0 Å². The predicted molar refractivity (Wildman–Crippen MR) is 70.4 cm³/mol. The van der Waals surface area contributed by atoms with Crippen LogP contribution < -0.4 is 10.4 Å². The van der Waals surface area contributed by atoms with Crippen LogP contribution in [0.25, 0.3) is 12.2 Å². The molecule has 0 aromatic heterocycles. The molecule has 110 valence electrons. The average molecular weight is 296 g/mol. The molecular formula is C15H11F3O3. The van der Waals surface area contributed by atoms with Gasteiger partial charge in [-0.15, -0.1) is 0 Å². The Kier molecular flexibility index (Phi) is 3.63. The van der Waals surface area contributed by atoms with Crippen molar-refractivity contribution in [1.29, 1.82) is 0 Å². The van der Waals surface area contributed by atoms with E-state index in [0.29, 0.717) is 10.4 Å². The lowest BCUT2D eigenvalue weighted by molar-refractivity contribution is -0.153.